The van der Waals surface area contributed by atoms with Crippen molar-refractivity contribution in [1.29, 1.82) is 0 Å². The molecule has 7 heteroatoms. The monoisotopic (exact) mass is 451 g/mol. The number of thiazole rings is 1. The molecule has 0 aliphatic carbocycles. The summed E-state index contributed by atoms with van der Waals surface area (Å²) in [5.41, 5.74) is 4.82. The Balaban J connectivity index is 1.55. The molecule has 1 N–H and O–H groups in total. The van der Waals surface area contributed by atoms with E-state index >= 15 is 0 Å². The molecule has 0 spiro atoms. The van der Waals surface area contributed by atoms with E-state index in [0.717, 1.165) is 17.3 Å². The number of aromatic nitrogens is 1. The van der Waals surface area contributed by atoms with Crippen LogP contribution in [0.4, 0.5) is 5.13 Å². The van der Waals surface area contributed by atoms with Crippen molar-refractivity contribution in [2.75, 3.05) is 5.01 Å². The summed E-state index contributed by atoms with van der Waals surface area (Å²) in [5, 5.41) is 22.6. The molecular weight excluding hydrogens is 434 g/mol. The molecule has 0 unspecified atom stereocenters. The Hall–Kier alpha value is -2.67. The molecule has 1 aliphatic heterocycles. The Bertz CT molecular complexity index is 1220. The average Bonchev–Trinajstić information content (AvgIpc) is 3.50. The minimum absolute atomic E-state index is 0.0784. The number of rotatable bonds is 4. The van der Waals surface area contributed by atoms with Gasteiger partial charge in [-0.15, -0.1) is 22.7 Å². The van der Waals surface area contributed by atoms with Crippen LogP contribution in [0.2, 0.25) is 5.02 Å². The van der Waals surface area contributed by atoms with Gasteiger partial charge in [0, 0.05) is 22.4 Å². The van der Waals surface area contributed by atoms with Crippen LogP contribution < -0.4 is 5.01 Å². The maximum Gasteiger partial charge on any atom is 0.207 e. The highest BCUT2D eigenvalue weighted by Gasteiger charge is 2.32. The summed E-state index contributed by atoms with van der Waals surface area (Å²) in [7, 11) is 0. The minimum atomic E-state index is 0.0784. The molecule has 0 fully saturated rings. The second kappa shape index (κ2) is 7.87. The number of aryl methyl sites for hydroxylation is 1. The van der Waals surface area contributed by atoms with Gasteiger partial charge in [0.25, 0.3) is 0 Å². The van der Waals surface area contributed by atoms with Gasteiger partial charge in [0.15, 0.2) is 0 Å². The molecule has 5 rings (SSSR count). The van der Waals surface area contributed by atoms with Crippen LogP contribution in [0.25, 0.3) is 11.3 Å². The molecule has 2 aromatic heterocycles. The van der Waals surface area contributed by atoms with Crippen molar-refractivity contribution in [3.63, 3.8) is 0 Å². The summed E-state index contributed by atoms with van der Waals surface area (Å²) in [4.78, 5) is 5.98. The molecule has 0 radical (unpaired) electrons. The lowest BCUT2D eigenvalue weighted by atomic mass is 10.0. The van der Waals surface area contributed by atoms with Gasteiger partial charge in [-0.1, -0.05) is 47.5 Å². The number of nitrogens with zero attached hydrogens (tertiary/aromatic N) is 3. The molecular formula is C23H18ClN3OS2. The standard InChI is InChI=1S/C23H18ClN3OS2/c1-14-4-6-15(7-5-14)20-12-18(22-3-2-10-29-22)26-27(20)23-25-19(13-30-23)17-11-16(24)8-9-21(17)28/h2-11,13,20,28H,12H2,1H3/t20-/m0/s1. The second-order valence-electron chi connectivity index (χ2n) is 7.18. The zero-order valence-corrected chi connectivity index (χ0v) is 18.5. The highest BCUT2D eigenvalue weighted by molar-refractivity contribution is 7.14. The minimum Gasteiger partial charge on any atom is -0.507 e. The first-order valence-corrected chi connectivity index (χ1v) is 11.6. The Labute approximate surface area is 187 Å². The van der Waals surface area contributed by atoms with Gasteiger partial charge in [-0.2, -0.15) is 5.10 Å². The SMILES string of the molecule is Cc1ccc([C@@H]2CC(c3cccs3)=NN2c2nc(-c3cc(Cl)ccc3O)cs2)cc1. The highest BCUT2D eigenvalue weighted by atomic mass is 35.5. The molecule has 30 heavy (non-hydrogen) atoms. The number of hydrogen-bond acceptors (Lipinski definition) is 6. The van der Waals surface area contributed by atoms with Gasteiger partial charge in [-0.05, 0) is 42.1 Å². The number of thiophene rings is 1. The number of phenols is 1. The lowest BCUT2D eigenvalue weighted by molar-refractivity contribution is 0.477. The van der Waals surface area contributed by atoms with E-state index in [0.29, 0.717) is 16.3 Å². The first-order valence-electron chi connectivity index (χ1n) is 9.50. The van der Waals surface area contributed by atoms with Crippen LogP contribution in [-0.4, -0.2) is 15.8 Å². The first-order chi connectivity index (χ1) is 14.6. The van der Waals surface area contributed by atoms with Crippen LogP contribution in [0.1, 0.15) is 28.5 Å². The molecule has 0 saturated carbocycles. The van der Waals surface area contributed by atoms with Crippen LogP contribution in [0.3, 0.4) is 0 Å². The van der Waals surface area contributed by atoms with E-state index in [1.165, 1.54) is 27.3 Å². The largest absolute Gasteiger partial charge is 0.507 e. The van der Waals surface area contributed by atoms with Crippen molar-refractivity contribution in [3.05, 3.63) is 86.4 Å². The molecule has 2 aromatic carbocycles. The summed E-state index contributed by atoms with van der Waals surface area (Å²) in [6.07, 6.45) is 0.820. The van der Waals surface area contributed by atoms with Gasteiger partial charge in [-0.25, -0.2) is 9.99 Å². The molecule has 150 valence electrons. The summed E-state index contributed by atoms with van der Waals surface area (Å²) >= 11 is 9.34. The van der Waals surface area contributed by atoms with E-state index in [1.54, 1.807) is 29.5 Å². The zero-order chi connectivity index (χ0) is 20.7. The average molecular weight is 452 g/mol. The first kappa shape index (κ1) is 19.3. The molecule has 4 nitrogen and oxygen atoms in total. The van der Waals surface area contributed by atoms with E-state index < -0.39 is 0 Å². The van der Waals surface area contributed by atoms with Crippen molar-refractivity contribution < 1.29 is 5.11 Å². The van der Waals surface area contributed by atoms with E-state index in [4.69, 9.17) is 21.7 Å². The topological polar surface area (TPSA) is 48.7 Å². The molecule has 1 atom stereocenters. The van der Waals surface area contributed by atoms with Gasteiger partial charge >= 0.3 is 0 Å². The third kappa shape index (κ3) is 3.62. The fourth-order valence-electron chi connectivity index (χ4n) is 3.53. The molecule has 1 aliphatic rings. The molecule has 0 amide bonds. The quantitative estimate of drug-likeness (QED) is 0.367. The van der Waals surface area contributed by atoms with Crippen LogP contribution in [0.5, 0.6) is 5.75 Å². The number of phenolic OH excluding ortho intramolecular Hbond substituents is 1. The van der Waals surface area contributed by atoms with Crippen LogP contribution in [0.15, 0.2) is 70.5 Å². The van der Waals surface area contributed by atoms with E-state index in [9.17, 15) is 5.11 Å². The predicted octanol–water partition coefficient (Wildman–Crippen LogP) is 6.89. The second-order valence-corrected chi connectivity index (χ2v) is 9.40. The van der Waals surface area contributed by atoms with Gasteiger partial charge in [0.2, 0.25) is 5.13 Å². The summed E-state index contributed by atoms with van der Waals surface area (Å²) in [6.45, 7) is 2.09. The Kier molecular flexibility index (Phi) is 5.06. The summed E-state index contributed by atoms with van der Waals surface area (Å²) < 4.78 is 0. The van der Waals surface area contributed by atoms with Gasteiger partial charge < -0.3 is 5.11 Å². The lowest BCUT2D eigenvalue weighted by Gasteiger charge is -2.21. The van der Waals surface area contributed by atoms with Crippen molar-refractivity contribution in [2.24, 2.45) is 5.10 Å². The zero-order valence-electron chi connectivity index (χ0n) is 16.1. The number of benzene rings is 2. The summed E-state index contributed by atoms with van der Waals surface area (Å²) in [5.74, 6) is 0.163. The van der Waals surface area contributed by atoms with Gasteiger partial charge in [-0.3, -0.25) is 0 Å². The van der Waals surface area contributed by atoms with Crippen LogP contribution >= 0.6 is 34.3 Å². The maximum atomic E-state index is 10.3. The fourth-order valence-corrected chi connectivity index (χ4v) is 5.25. The number of hydrogen-bond donors (Lipinski definition) is 1. The Morgan fingerprint density at radius 2 is 1.93 bits per heavy atom. The van der Waals surface area contributed by atoms with Crippen LogP contribution in [0, 0.1) is 6.92 Å². The molecule has 0 bridgehead atoms. The number of halogens is 1. The Morgan fingerprint density at radius 3 is 2.70 bits per heavy atom. The maximum absolute atomic E-state index is 10.3. The van der Waals surface area contributed by atoms with E-state index in [-0.39, 0.29) is 11.8 Å². The van der Waals surface area contributed by atoms with Crippen molar-refractivity contribution in [3.8, 4) is 17.0 Å². The number of aromatic hydroxyl groups is 1. The highest BCUT2D eigenvalue weighted by Crippen LogP contribution is 2.41. The van der Waals surface area contributed by atoms with Gasteiger partial charge in [0.1, 0.15) is 5.75 Å². The normalized spacial score (nSPS) is 16.1. The molecule has 3 heterocycles. The lowest BCUT2D eigenvalue weighted by Crippen LogP contribution is -2.18. The smallest absolute Gasteiger partial charge is 0.207 e. The van der Waals surface area contributed by atoms with Crippen LogP contribution in [-0.2, 0) is 0 Å². The van der Waals surface area contributed by atoms with E-state index in [2.05, 4.69) is 48.7 Å². The molecule has 4 aromatic rings. The van der Waals surface area contributed by atoms with Crippen molar-refractivity contribution >= 4 is 45.1 Å². The fraction of sp³-hybridized carbons (Fsp3) is 0.130. The Morgan fingerprint density at radius 1 is 1.10 bits per heavy atom. The van der Waals surface area contributed by atoms with Gasteiger partial charge in [0.05, 0.1) is 22.3 Å². The van der Waals surface area contributed by atoms with Crippen molar-refractivity contribution in [1.82, 2.24) is 4.98 Å². The number of hydrazone groups is 1. The summed E-state index contributed by atoms with van der Waals surface area (Å²) in [6, 6.07) is 17.8. The third-order valence-electron chi connectivity index (χ3n) is 5.10. The number of anilines is 1. The molecule has 0 saturated heterocycles. The van der Waals surface area contributed by atoms with E-state index in [1.807, 2.05) is 10.4 Å². The van der Waals surface area contributed by atoms with Crippen molar-refractivity contribution in [2.45, 2.75) is 19.4 Å². The predicted molar refractivity (Wildman–Crippen MR) is 126 cm³/mol. The third-order valence-corrected chi connectivity index (χ3v) is 7.08.